The molecule has 0 radical (unpaired) electrons. The molecule has 0 amide bonds. The van der Waals surface area contributed by atoms with Crippen molar-refractivity contribution in [3.63, 3.8) is 0 Å². The minimum atomic E-state index is 0.442. The van der Waals surface area contributed by atoms with Crippen LogP contribution in [0.5, 0.6) is 0 Å². The molecule has 0 aliphatic heterocycles. The summed E-state index contributed by atoms with van der Waals surface area (Å²) in [6.45, 7) is 12.0. The Labute approximate surface area is 109 Å². The fourth-order valence-corrected chi connectivity index (χ4v) is 1.81. The molecule has 0 aliphatic carbocycles. The van der Waals surface area contributed by atoms with Gasteiger partial charge in [0.2, 0.25) is 0 Å². The van der Waals surface area contributed by atoms with Gasteiger partial charge in [-0.25, -0.2) is 0 Å². The molecule has 1 unspecified atom stereocenters. The van der Waals surface area contributed by atoms with E-state index in [0.29, 0.717) is 6.10 Å². The van der Waals surface area contributed by atoms with Crippen LogP contribution < -0.4 is 5.32 Å². The minimum Gasteiger partial charge on any atom is -0.378 e. The van der Waals surface area contributed by atoms with Crippen molar-refractivity contribution in [2.24, 2.45) is 5.92 Å². The molecule has 0 bridgehead atoms. The average molecular weight is 243 g/mol. The summed E-state index contributed by atoms with van der Waals surface area (Å²) >= 11 is 0. The van der Waals surface area contributed by atoms with Gasteiger partial charge in [0.05, 0.1) is 6.10 Å². The molecule has 2 heteroatoms. The lowest BCUT2D eigenvalue weighted by atomic mass is 10.1. The molecule has 0 saturated carbocycles. The second-order valence-corrected chi connectivity index (χ2v) is 5.48. The molecule has 0 fully saturated rings. The normalized spacial score (nSPS) is 13.2. The number of nitrogens with one attached hydrogen (secondary N) is 1. The van der Waals surface area contributed by atoms with Crippen molar-refractivity contribution in [2.45, 2.75) is 72.3 Å². The minimum absolute atomic E-state index is 0.442. The maximum Gasteiger partial charge on any atom is 0.0547 e. The van der Waals surface area contributed by atoms with Crippen LogP contribution in [0.25, 0.3) is 0 Å². The molecule has 2 nitrogen and oxygen atoms in total. The van der Waals surface area contributed by atoms with E-state index in [9.17, 15) is 0 Å². The zero-order chi connectivity index (χ0) is 12.9. The second kappa shape index (κ2) is 12.4. The number of hydrogen-bond donors (Lipinski definition) is 1. The monoisotopic (exact) mass is 243 g/mol. The first kappa shape index (κ1) is 16.9. The Morgan fingerprint density at radius 2 is 1.76 bits per heavy atom. The molecule has 0 spiro atoms. The van der Waals surface area contributed by atoms with Crippen LogP contribution in [-0.2, 0) is 4.74 Å². The highest BCUT2D eigenvalue weighted by Gasteiger charge is 2.01. The number of hydrogen-bond acceptors (Lipinski definition) is 2. The van der Waals surface area contributed by atoms with Crippen LogP contribution in [-0.4, -0.2) is 25.8 Å². The Balaban J connectivity index is 3.13. The van der Waals surface area contributed by atoms with E-state index in [-0.39, 0.29) is 0 Å². The van der Waals surface area contributed by atoms with Gasteiger partial charge in [0.15, 0.2) is 0 Å². The highest BCUT2D eigenvalue weighted by atomic mass is 16.5. The van der Waals surface area contributed by atoms with Gasteiger partial charge in [0.25, 0.3) is 0 Å². The Hall–Kier alpha value is -0.0800. The zero-order valence-electron chi connectivity index (χ0n) is 12.4. The molecular weight excluding hydrogens is 210 g/mol. The summed E-state index contributed by atoms with van der Waals surface area (Å²) < 4.78 is 5.79. The van der Waals surface area contributed by atoms with Crippen LogP contribution in [0.4, 0.5) is 0 Å². The maximum absolute atomic E-state index is 5.79. The first-order valence-corrected chi connectivity index (χ1v) is 7.49. The molecule has 0 aromatic carbocycles. The van der Waals surface area contributed by atoms with E-state index in [1.54, 1.807) is 0 Å². The van der Waals surface area contributed by atoms with E-state index in [1.165, 1.54) is 32.1 Å². The summed E-state index contributed by atoms with van der Waals surface area (Å²) in [5.74, 6) is 0.744. The third-order valence-corrected chi connectivity index (χ3v) is 2.92. The van der Waals surface area contributed by atoms with Gasteiger partial charge in [-0.05, 0) is 38.8 Å². The van der Waals surface area contributed by atoms with Crippen molar-refractivity contribution in [1.82, 2.24) is 5.32 Å². The summed E-state index contributed by atoms with van der Waals surface area (Å²) in [6.07, 6.45) is 8.16. The maximum atomic E-state index is 5.79. The van der Waals surface area contributed by atoms with Crippen molar-refractivity contribution in [2.75, 3.05) is 19.7 Å². The Morgan fingerprint density at radius 3 is 2.41 bits per heavy atom. The predicted molar refractivity (Wildman–Crippen MR) is 76.5 cm³/mol. The molecule has 17 heavy (non-hydrogen) atoms. The Kier molecular flexibility index (Phi) is 12.3. The quantitative estimate of drug-likeness (QED) is 0.523. The summed E-state index contributed by atoms with van der Waals surface area (Å²) in [4.78, 5) is 0. The lowest BCUT2D eigenvalue weighted by molar-refractivity contribution is 0.0569. The average Bonchev–Trinajstić information content (AvgIpc) is 2.29. The first-order chi connectivity index (χ1) is 8.16. The fourth-order valence-electron chi connectivity index (χ4n) is 1.81. The molecule has 1 N–H and O–H groups in total. The molecular formula is C15H33NO. The third-order valence-electron chi connectivity index (χ3n) is 2.92. The number of ether oxygens (including phenoxy) is 1. The largest absolute Gasteiger partial charge is 0.378 e. The van der Waals surface area contributed by atoms with Crippen LogP contribution in [0.2, 0.25) is 0 Å². The van der Waals surface area contributed by atoms with E-state index in [4.69, 9.17) is 4.74 Å². The van der Waals surface area contributed by atoms with Gasteiger partial charge < -0.3 is 10.1 Å². The van der Waals surface area contributed by atoms with E-state index in [1.807, 2.05) is 0 Å². The van der Waals surface area contributed by atoms with Gasteiger partial charge in [0, 0.05) is 6.61 Å². The van der Waals surface area contributed by atoms with Crippen molar-refractivity contribution in [3.8, 4) is 0 Å². The molecule has 1 atom stereocenters. The molecule has 0 saturated heterocycles. The fraction of sp³-hybridized carbons (Fsp3) is 1.00. The lowest BCUT2D eigenvalue weighted by Crippen LogP contribution is -2.22. The summed E-state index contributed by atoms with van der Waals surface area (Å²) in [5, 5.41) is 3.44. The second-order valence-electron chi connectivity index (χ2n) is 5.48. The smallest absolute Gasteiger partial charge is 0.0547 e. The molecule has 0 rings (SSSR count). The van der Waals surface area contributed by atoms with Crippen molar-refractivity contribution >= 4 is 0 Å². The van der Waals surface area contributed by atoms with Gasteiger partial charge in [0.1, 0.15) is 0 Å². The highest BCUT2D eigenvalue weighted by molar-refractivity contribution is 4.54. The van der Waals surface area contributed by atoms with Gasteiger partial charge in [-0.2, -0.15) is 0 Å². The van der Waals surface area contributed by atoms with E-state index in [2.05, 4.69) is 33.0 Å². The predicted octanol–water partition coefficient (Wildman–Crippen LogP) is 4.00. The van der Waals surface area contributed by atoms with Crippen LogP contribution >= 0.6 is 0 Å². The lowest BCUT2D eigenvalue weighted by Gasteiger charge is -2.13. The first-order valence-electron chi connectivity index (χ1n) is 7.49. The van der Waals surface area contributed by atoms with Crippen molar-refractivity contribution in [3.05, 3.63) is 0 Å². The van der Waals surface area contributed by atoms with E-state index < -0.39 is 0 Å². The summed E-state index contributed by atoms with van der Waals surface area (Å²) in [7, 11) is 0. The standard InChI is InChI=1S/C15H33NO/c1-5-6-7-8-10-15(4)17-12-9-11-16-13-14(2)3/h14-16H,5-13H2,1-4H3. The summed E-state index contributed by atoms with van der Waals surface area (Å²) in [5.41, 5.74) is 0. The summed E-state index contributed by atoms with van der Waals surface area (Å²) in [6, 6.07) is 0. The van der Waals surface area contributed by atoms with Crippen LogP contribution in [0.15, 0.2) is 0 Å². The van der Waals surface area contributed by atoms with Crippen molar-refractivity contribution < 1.29 is 4.74 Å². The molecule has 0 heterocycles. The molecule has 0 aliphatic rings. The van der Waals surface area contributed by atoms with Crippen LogP contribution in [0.1, 0.15) is 66.2 Å². The molecule has 0 aromatic rings. The van der Waals surface area contributed by atoms with Crippen LogP contribution in [0.3, 0.4) is 0 Å². The van der Waals surface area contributed by atoms with Gasteiger partial charge in [-0.3, -0.25) is 0 Å². The van der Waals surface area contributed by atoms with E-state index in [0.717, 1.165) is 32.0 Å². The molecule has 104 valence electrons. The highest BCUT2D eigenvalue weighted by Crippen LogP contribution is 2.07. The van der Waals surface area contributed by atoms with E-state index >= 15 is 0 Å². The SMILES string of the molecule is CCCCCCC(C)OCCCNCC(C)C. The zero-order valence-corrected chi connectivity index (χ0v) is 12.4. The van der Waals surface area contributed by atoms with Crippen molar-refractivity contribution in [1.29, 1.82) is 0 Å². The van der Waals surface area contributed by atoms with Gasteiger partial charge >= 0.3 is 0 Å². The van der Waals surface area contributed by atoms with Gasteiger partial charge in [-0.15, -0.1) is 0 Å². The Morgan fingerprint density at radius 1 is 1.00 bits per heavy atom. The molecule has 0 aromatic heterocycles. The van der Waals surface area contributed by atoms with Crippen LogP contribution in [0, 0.1) is 5.92 Å². The van der Waals surface area contributed by atoms with Gasteiger partial charge in [-0.1, -0.05) is 46.5 Å². The third kappa shape index (κ3) is 13.9. The Bertz CT molecular complexity index is 148. The topological polar surface area (TPSA) is 21.3 Å². The number of rotatable bonds is 12. The number of unbranched alkanes of at least 4 members (excludes halogenated alkanes) is 3.